The summed E-state index contributed by atoms with van der Waals surface area (Å²) in [4.78, 5) is 0. The molecule has 4 nitrogen and oxygen atoms in total. The predicted molar refractivity (Wildman–Crippen MR) is 85.9 cm³/mol. The zero-order valence-corrected chi connectivity index (χ0v) is 13.5. The van der Waals surface area contributed by atoms with Crippen molar-refractivity contribution < 1.29 is 14.6 Å². The summed E-state index contributed by atoms with van der Waals surface area (Å²) < 4.78 is 10.7. The van der Waals surface area contributed by atoms with Crippen LogP contribution < -0.4 is 10.1 Å². The van der Waals surface area contributed by atoms with E-state index in [2.05, 4.69) is 19.2 Å². The van der Waals surface area contributed by atoms with Gasteiger partial charge >= 0.3 is 0 Å². The number of hydrogen-bond acceptors (Lipinski definition) is 4. The Balaban J connectivity index is 2.18. The van der Waals surface area contributed by atoms with E-state index in [4.69, 9.17) is 9.47 Å². The molecular weight excluding hydrogens is 266 g/mol. The molecule has 0 amide bonds. The van der Waals surface area contributed by atoms with Crippen molar-refractivity contribution in [2.24, 2.45) is 0 Å². The van der Waals surface area contributed by atoms with Crippen molar-refractivity contribution >= 4 is 0 Å². The van der Waals surface area contributed by atoms with Gasteiger partial charge in [0.1, 0.15) is 12.4 Å². The van der Waals surface area contributed by atoms with Gasteiger partial charge in [-0.15, -0.1) is 0 Å². The Morgan fingerprint density at radius 3 is 2.52 bits per heavy atom. The van der Waals surface area contributed by atoms with Crippen molar-refractivity contribution in [1.29, 1.82) is 0 Å². The monoisotopic (exact) mass is 295 g/mol. The van der Waals surface area contributed by atoms with E-state index in [1.807, 2.05) is 24.3 Å². The van der Waals surface area contributed by atoms with E-state index in [0.717, 1.165) is 38.2 Å². The van der Waals surface area contributed by atoms with Crippen molar-refractivity contribution in [1.82, 2.24) is 5.32 Å². The van der Waals surface area contributed by atoms with Crippen LogP contribution in [0.4, 0.5) is 0 Å². The number of rotatable bonds is 11. The molecule has 120 valence electrons. The van der Waals surface area contributed by atoms with E-state index in [9.17, 15) is 5.11 Å². The zero-order valence-electron chi connectivity index (χ0n) is 13.5. The average Bonchev–Trinajstić information content (AvgIpc) is 2.48. The van der Waals surface area contributed by atoms with Gasteiger partial charge in [0.15, 0.2) is 0 Å². The molecule has 0 spiro atoms. The molecule has 1 rings (SSSR count). The SMILES string of the molecule is COCCc1ccc(OCC(O)CCCNC(C)C)cc1. The van der Waals surface area contributed by atoms with E-state index >= 15 is 0 Å². The van der Waals surface area contributed by atoms with Gasteiger partial charge in [-0.25, -0.2) is 0 Å². The Kier molecular flexibility index (Phi) is 9.06. The first-order valence-electron chi connectivity index (χ1n) is 7.74. The molecule has 0 fully saturated rings. The van der Waals surface area contributed by atoms with Gasteiger partial charge in [-0.3, -0.25) is 0 Å². The molecule has 0 aliphatic rings. The number of aliphatic hydroxyl groups is 1. The van der Waals surface area contributed by atoms with Crippen LogP contribution in [0, 0.1) is 0 Å². The van der Waals surface area contributed by atoms with Gasteiger partial charge in [-0.1, -0.05) is 26.0 Å². The van der Waals surface area contributed by atoms with E-state index in [0.29, 0.717) is 12.6 Å². The number of aliphatic hydroxyl groups excluding tert-OH is 1. The van der Waals surface area contributed by atoms with Crippen molar-refractivity contribution in [2.75, 3.05) is 26.9 Å². The Hall–Kier alpha value is -1.10. The van der Waals surface area contributed by atoms with Crippen LogP contribution in [0.5, 0.6) is 5.75 Å². The average molecular weight is 295 g/mol. The number of methoxy groups -OCH3 is 1. The van der Waals surface area contributed by atoms with Gasteiger partial charge in [0.2, 0.25) is 0 Å². The highest BCUT2D eigenvalue weighted by atomic mass is 16.5. The molecule has 0 saturated heterocycles. The lowest BCUT2D eigenvalue weighted by Crippen LogP contribution is -2.25. The van der Waals surface area contributed by atoms with Crippen molar-refractivity contribution in [3.8, 4) is 5.75 Å². The van der Waals surface area contributed by atoms with Crippen LogP contribution in [0.1, 0.15) is 32.3 Å². The van der Waals surface area contributed by atoms with Gasteiger partial charge in [0.05, 0.1) is 12.7 Å². The predicted octanol–water partition coefficient (Wildman–Crippen LogP) is 2.39. The highest BCUT2D eigenvalue weighted by Crippen LogP contribution is 2.13. The molecule has 4 heteroatoms. The smallest absolute Gasteiger partial charge is 0.119 e. The molecule has 0 heterocycles. The van der Waals surface area contributed by atoms with Gasteiger partial charge in [0.25, 0.3) is 0 Å². The summed E-state index contributed by atoms with van der Waals surface area (Å²) in [6.45, 7) is 6.25. The molecule has 0 aliphatic carbocycles. The molecule has 1 aromatic rings. The fraction of sp³-hybridized carbons (Fsp3) is 0.647. The van der Waals surface area contributed by atoms with Crippen LogP contribution in [-0.2, 0) is 11.2 Å². The quantitative estimate of drug-likeness (QED) is 0.616. The molecule has 2 N–H and O–H groups in total. The van der Waals surface area contributed by atoms with Gasteiger partial charge < -0.3 is 19.9 Å². The summed E-state index contributed by atoms with van der Waals surface area (Å²) in [5.74, 6) is 0.801. The number of benzene rings is 1. The normalized spacial score (nSPS) is 12.6. The maximum absolute atomic E-state index is 9.88. The Labute approximate surface area is 128 Å². The van der Waals surface area contributed by atoms with E-state index in [1.165, 1.54) is 5.56 Å². The van der Waals surface area contributed by atoms with Crippen molar-refractivity contribution in [3.63, 3.8) is 0 Å². The third-order valence-corrected chi connectivity index (χ3v) is 3.23. The van der Waals surface area contributed by atoms with Crippen LogP contribution in [0.2, 0.25) is 0 Å². The Bertz CT molecular complexity index is 365. The molecular formula is C17H29NO3. The van der Waals surface area contributed by atoms with E-state index < -0.39 is 6.10 Å². The first-order valence-corrected chi connectivity index (χ1v) is 7.74. The first-order chi connectivity index (χ1) is 10.1. The third kappa shape index (κ3) is 8.71. The lowest BCUT2D eigenvalue weighted by atomic mass is 10.1. The summed E-state index contributed by atoms with van der Waals surface area (Å²) in [6, 6.07) is 8.45. The summed E-state index contributed by atoms with van der Waals surface area (Å²) in [6.07, 6.45) is 2.21. The molecule has 21 heavy (non-hydrogen) atoms. The van der Waals surface area contributed by atoms with Crippen LogP contribution in [0.15, 0.2) is 24.3 Å². The van der Waals surface area contributed by atoms with E-state index in [1.54, 1.807) is 7.11 Å². The molecule has 0 aliphatic heterocycles. The molecule has 0 aromatic heterocycles. The van der Waals surface area contributed by atoms with Crippen LogP contribution in [0.25, 0.3) is 0 Å². The minimum Gasteiger partial charge on any atom is -0.491 e. The molecule has 1 unspecified atom stereocenters. The van der Waals surface area contributed by atoms with Crippen LogP contribution in [0.3, 0.4) is 0 Å². The second-order valence-electron chi connectivity index (χ2n) is 5.60. The standard InChI is InChI=1S/C17H29NO3/c1-14(2)18-11-4-5-16(19)13-21-17-8-6-15(7-9-17)10-12-20-3/h6-9,14,16,18-19H,4-5,10-13H2,1-3H3. The van der Waals surface area contributed by atoms with Crippen molar-refractivity contribution in [3.05, 3.63) is 29.8 Å². The molecule has 1 atom stereocenters. The highest BCUT2D eigenvalue weighted by Gasteiger charge is 2.05. The maximum atomic E-state index is 9.88. The van der Waals surface area contributed by atoms with Gasteiger partial charge in [-0.2, -0.15) is 0 Å². The Morgan fingerprint density at radius 1 is 1.19 bits per heavy atom. The minimum atomic E-state index is -0.410. The summed E-state index contributed by atoms with van der Waals surface area (Å²) in [5.41, 5.74) is 1.23. The maximum Gasteiger partial charge on any atom is 0.119 e. The first kappa shape index (κ1) is 18.0. The summed E-state index contributed by atoms with van der Waals surface area (Å²) in [7, 11) is 1.70. The van der Waals surface area contributed by atoms with Gasteiger partial charge in [-0.05, 0) is 43.5 Å². The largest absolute Gasteiger partial charge is 0.491 e. The van der Waals surface area contributed by atoms with Crippen LogP contribution >= 0.6 is 0 Å². The van der Waals surface area contributed by atoms with Crippen LogP contribution in [-0.4, -0.2) is 44.1 Å². The topological polar surface area (TPSA) is 50.7 Å². The van der Waals surface area contributed by atoms with Crippen molar-refractivity contribution in [2.45, 2.75) is 45.3 Å². The molecule has 1 aromatic carbocycles. The van der Waals surface area contributed by atoms with E-state index in [-0.39, 0.29) is 0 Å². The fourth-order valence-electron chi connectivity index (χ4n) is 1.98. The van der Waals surface area contributed by atoms with Gasteiger partial charge in [0, 0.05) is 13.2 Å². The number of hydrogen-bond donors (Lipinski definition) is 2. The summed E-state index contributed by atoms with van der Waals surface area (Å²) in [5, 5.41) is 13.2. The molecule has 0 saturated carbocycles. The molecule has 0 bridgehead atoms. The lowest BCUT2D eigenvalue weighted by Gasteiger charge is -2.13. The second kappa shape index (κ2) is 10.6. The highest BCUT2D eigenvalue weighted by molar-refractivity contribution is 5.27. The zero-order chi connectivity index (χ0) is 15.5. The third-order valence-electron chi connectivity index (χ3n) is 3.23. The fourth-order valence-corrected chi connectivity index (χ4v) is 1.98. The minimum absolute atomic E-state index is 0.346. The Morgan fingerprint density at radius 2 is 1.90 bits per heavy atom. The second-order valence-corrected chi connectivity index (χ2v) is 5.60. The number of ether oxygens (including phenoxy) is 2. The number of nitrogens with one attached hydrogen (secondary N) is 1. The lowest BCUT2D eigenvalue weighted by molar-refractivity contribution is 0.0980. The molecule has 0 radical (unpaired) electrons. The summed E-state index contributed by atoms with van der Waals surface area (Å²) >= 11 is 0.